The molecular formula is C11H22O3S2. The molecule has 3 nitrogen and oxygen atoms in total. The third-order valence-electron chi connectivity index (χ3n) is 3.14. The van der Waals surface area contributed by atoms with E-state index in [-0.39, 0.29) is 5.75 Å². The van der Waals surface area contributed by atoms with Crippen molar-refractivity contribution in [2.24, 2.45) is 5.92 Å². The van der Waals surface area contributed by atoms with Crippen LogP contribution in [-0.2, 0) is 20.6 Å². The van der Waals surface area contributed by atoms with E-state index in [1.165, 1.54) is 38.4 Å². The third kappa shape index (κ3) is 6.63. The van der Waals surface area contributed by atoms with Crippen molar-refractivity contribution in [3.05, 3.63) is 0 Å². The van der Waals surface area contributed by atoms with Gasteiger partial charge in [-0.3, -0.25) is 4.21 Å². The van der Waals surface area contributed by atoms with E-state index in [4.69, 9.17) is 0 Å². The first kappa shape index (κ1) is 14.2. The molecule has 0 saturated heterocycles. The molecule has 0 amide bonds. The summed E-state index contributed by atoms with van der Waals surface area (Å²) in [5, 5.41) is 0. The summed E-state index contributed by atoms with van der Waals surface area (Å²) in [5.41, 5.74) is 0. The average Bonchev–Trinajstić information content (AvgIpc) is 2.66. The van der Waals surface area contributed by atoms with Gasteiger partial charge >= 0.3 is 0 Å². The van der Waals surface area contributed by atoms with Gasteiger partial charge in [-0.15, -0.1) is 0 Å². The highest BCUT2D eigenvalue weighted by Crippen LogP contribution is 2.28. The summed E-state index contributed by atoms with van der Waals surface area (Å²) in [6.45, 7) is 0. The second kappa shape index (κ2) is 6.74. The lowest BCUT2D eigenvalue weighted by molar-refractivity contribution is 0.497. The highest BCUT2D eigenvalue weighted by Gasteiger charge is 2.15. The van der Waals surface area contributed by atoms with Gasteiger partial charge in [-0.25, -0.2) is 8.42 Å². The van der Waals surface area contributed by atoms with E-state index in [0.717, 1.165) is 12.3 Å². The summed E-state index contributed by atoms with van der Waals surface area (Å²) in [6.07, 6.45) is 8.71. The average molecular weight is 266 g/mol. The second-order valence-corrected chi connectivity index (χ2v) is 8.73. The number of rotatable bonds is 7. The zero-order valence-corrected chi connectivity index (χ0v) is 11.6. The summed E-state index contributed by atoms with van der Waals surface area (Å²) < 4.78 is 33.3. The molecule has 1 fully saturated rings. The maximum absolute atomic E-state index is 11.5. The highest BCUT2D eigenvalue weighted by atomic mass is 32.2. The van der Waals surface area contributed by atoms with E-state index >= 15 is 0 Å². The summed E-state index contributed by atoms with van der Waals surface area (Å²) in [5.74, 6) is 1.88. The van der Waals surface area contributed by atoms with Crippen molar-refractivity contribution in [3.63, 3.8) is 0 Å². The first-order valence-corrected chi connectivity index (χ1v) is 9.55. The van der Waals surface area contributed by atoms with Crippen LogP contribution in [0.1, 0.15) is 38.5 Å². The Morgan fingerprint density at radius 1 is 1.19 bits per heavy atom. The van der Waals surface area contributed by atoms with Gasteiger partial charge in [0.1, 0.15) is 9.84 Å². The minimum Gasteiger partial charge on any atom is -0.260 e. The highest BCUT2D eigenvalue weighted by molar-refractivity contribution is 7.92. The Morgan fingerprint density at radius 2 is 1.81 bits per heavy atom. The van der Waals surface area contributed by atoms with Crippen molar-refractivity contribution in [2.45, 2.75) is 38.5 Å². The molecule has 0 aromatic rings. The standard InChI is InChI=1S/C11H22O3S2/c1-16(13,14)10-9-15(12)8-4-7-11-5-2-3-6-11/h11H,2-10H2,1H3. The fraction of sp³-hybridized carbons (Fsp3) is 1.00. The molecule has 16 heavy (non-hydrogen) atoms. The second-order valence-electron chi connectivity index (χ2n) is 4.77. The van der Waals surface area contributed by atoms with Crippen molar-refractivity contribution in [1.82, 2.24) is 0 Å². The van der Waals surface area contributed by atoms with Crippen molar-refractivity contribution in [2.75, 3.05) is 23.5 Å². The summed E-state index contributed by atoms with van der Waals surface area (Å²) in [4.78, 5) is 0. The van der Waals surface area contributed by atoms with E-state index in [2.05, 4.69) is 0 Å². The lowest BCUT2D eigenvalue weighted by Crippen LogP contribution is -2.14. The van der Waals surface area contributed by atoms with Crippen LogP contribution < -0.4 is 0 Å². The monoisotopic (exact) mass is 266 g/mol. The van der Waals surface area contributed by atoms with Crippen LogP contribution in [0.5, 0.6) is 0 Å². The first-order valence-electron chi connectivity index (χ1n) is 6.00. The lowest BCUT2D eigenvalue weighted by atomic mass is 10.0. The molecule has 1 unspecified atom stereocenters. The molecule has 0 spiro atoms. The molecule has 1 aliphatic carbocycles. The maximum Gasteiger partial charge on any atom is 0.148 e. The van der Waals surface area contributed by atoms with Gasteiger partial charge in [-0.05, 0) is 18.8 Å². The Morgan fingerprint density at radius 3 is 2.38 bits per heavy atom. The van der Waals surface area contributed by atoms with Gasteiger partial charge in [0.25, 0.3) is 0 Å². The molecule has 96 valence electrons. The fourth-order valence-corrected chi connectivity index (χ4v) is 4.83. The molecule has 0 aromatic carbocycles. The Balaban J connectivity index is 2.06. The van der Waals surface area contributed by atoms with Gasteiger partial charge < -0.3 is 0 Å². The predicted molar refractivity (Wildman–Crippen MR) is 68.8 cm³/mol. The zero-order chi connectivity index (χ0) is 12.0. The minimum absolute atomic E-state index is 0.0586. The summed E-state index contributed by atoms with van der Waals surface area (Å²) in [6, 6.07) is 0. The Bertz CT molecular complexity index is 316. The molecule has 1 atom stereocenters. The smallest absolute Gasteiger partial charge is 0.148 e. The largest absolute Gasteiger partial charge is 0.260 e. The molecule has 0 N–H and O–H groups in total. The fourth-order valence-electron chi connectivity index (χ4n) is 2.18. The molecular weight excluding hydrogens is 244 g/mol. The molecule has 1 saturated carbocycles. The summed E-state index contributed by atoms with van der Waals surface area (Å²) in [7, 11) is -3.90. The van der Waals surface area contributed by atoms with Gasteiger partial charge in [0, 0.05) is 28.6 Å². The van der Waals surface area contributed by atoms with Crippen LogP contribution in [0, 0.1) is 5.92 Å². The van der Waals surface area contributed by atoms with E-state index in [1.54, 1.807) is 0 Å². The van der Waals surface area contributed by atoms with Crippen molar-refractivity contribution >= 4 is 20.6 Å². The van der Waals surface area contributed by atoms with Crippen LogP contribution in [0.15, 0.2) is 0 Å². The molecule has 0 radical (unpaired) electrons. The Hall–Kier alpha value is 0.1000. The lowest BCUT2D eigenvalue weighted by Gasteiger charge is -2.07. The van der Waals surface area contributed by atoms with Gasteiger partial charge in [0.05, 0.1) is 5.75 Å². The normalized spacial score (nSPS) is 20.1. The van der Waals surface area contributed by atoms with Gasteiger partial charge in [-0.1, -0.05) is 25.7 Å². The van der Waals surface area contributed by atoms with Crippen molar-refractivity contribution in [1.29, 1.82) is 0 Å². The molecule has 1 rings (SSSR count). The van der Waals surface area contributed by atoms with E-state index < -0.39 is 20.6 Å². The Labute approximate surface area is 101 Å². The van der Waals surface area contributed by atoms with Crippen LogP contribution in [0.4, 0.5) is 0 Å². The van der Waals surface area contributed by atoms with Gasteiger partial charge in [-0.2, -0.15) is 0 Å². The van der Waals surface area contributed by atoms with E-state index in [1.807, 2.05) is 0 Å². The first-order chi connectivity index (χ1) is 7.47. The van der Waals surface area contributed by atoms with E-state index in [0.29, 0.717) is 11.5 Å². The molecule has 0 bridgehead atoms. The number of hydrogen-bond donors (Lipinski definition) is 0. The molecule has 5 heteroatoms. The maximum atomic E-state index is 11.5. The van der Waals surface area contributed by atoms with Gasteiger partial charge in [0.15, 0.2) is 0 Å². The SMILES string of the molecule is CS(=O)(=O)CCS(=O)CCCC1CCCC1. The number of hydrogen-bond acceptors (Lipinski definition) is 3. The van der Waals surface area contributed by atoms with Crippen LogP contribution in [-0.4, -0.2) is 36.1 Å². The van der Waals surface area contributed by atoms with E-state index in [9.17, 15) is 12.6 Å². The number of sulfone groups is 1. The van der Waals surface area contributed by atoms with Crippen LogP contribution >= 0.6 is 0 Å². The van der Waals surface area contributed by atoms with Crippen molar-refractivity contribution in [3.8, 4) is 0 Å². The van der Waals surface area contributed by atoms with Crippen LogP contribution in [0.25, 0.3) is 0 Å². The molecule has 0 heterocycles. The van der Waals surface area contributed by atoms with Crippen LogP contribution in [0.2, 0.25) is 0 Å². The zero-order valence-electron chi connectivity index (χ0n) is 9.98. The molecule has 1 aliphatic rings. The topological polar surface area (TPSA) is 51.2 Å². The minimum atomic E-state index is -2.95. The Kier molecular flexibility index (Phi) is 5.97. The quantitative estimate of drug-likeness (QED) is 0.705. The molecule has 0 aromatic heterocycles. The summed E-state index contributed by atoms with van der Waals surface area (Å²) >= 11 is 0. The third-order valence-corrected chi connectivity index (χ3v) is 5.75. The molecule has 0 aliphatic heterocycles. The van der Waals surface area contributed by atoms with Crippen LogP contribution in [0.3, 0.4) is 0 Å². The van der Waals surface area contributed by atoms with Gasteiger partial charge in [0.2, 0.25) is 0 Å². The predicted octanol–water partition coefficient (Wildman–Crippen LogP) is 1.75. The van der Waals surface area contributed by atoms with Crippen molar-refractivity contribution < 1.29 is 12.6 Å².